The highest BCUT2D eigenvalue weighted by Gasteiger charge is 2.04. The lowest BCUT2D eigenvalue weighted by Crippen LogP contribution is -2.12. The minimum absolute atomic E-state index is 0.211. The van der Waals surface area contributed by atoms with Gasteiger partial charge in [-0.1, -0.05) is 24.4 Å². The lowest BCUT2D eigenvalue weighted by Gasteiger charge is -2.08. The Morgan fingerprint density at radius 1 is 1.33 bits per heavy atom. The van der Waals surface area contributed by atoms with Gasteiger partial charge in [-0.2, -0.15) is 0 Å². The molecular weight excluding hydrogens is 249 g/mol. The molecule has 1 aromatic heterocycles. The molecule has 0 unspecified atom stereocenters. The van der Waals surface area contributed by atoms with Crippen molar-refractivity contribution < 1.29 is 4.39 Å². The zero-order chi connectivity index (χ0) is 13.1. The Kier molecular flexibility index (Phi) is 3.53. The van der Waals surface area contributed by atoms with E-state index in [4.69, 9.17) is 18.0 Å². The third-order valence-electron chi connectivity index (χ3n) is 2.39. The van der Waals surface area contributed by atoms with E-state index in [0.717, 1.165) is 5.56 Å². The zero-order valence-electron chi connectivity index (χ0n) is 9.77. The second-order valence-corrected chi connectivity index (χ2v) is 4.32. The van der Waals surface area contributed by atoms with Gasteiger partial charge in [-0.05, 0) is 36.8 Å². The third-order valence-corrected chi connectivity index (χ3v) is 2.60. The molecule has 0 aliphatic heterocycles. The van der Waals surface area contributed by atoms with Crippen molar-refractivity contribution in [2.24, 2.45) is 5.73 Å². The number of anilines is 2. The summed E-state index contributed by atoms with van der Waals surface area (Å²) in [5.41, 5.74) is 7.23. The minimum atomic E-state index is -0.322. The molecule has 3 N–H and O–H groups in total. The average molecular weight is 261 g/mol. The van der Waals surface area contributed by atoms with Crippen molar-refractivity contribution >= 4 is 28.7 Å². The molecule has 0 saturated carbocycles. The first-order valence-corrected chi connectivity index (χ1v) is 5.77. The first-order chi connectivity index (χ1) is 8.56. The summed E-state index contributed by atoms with van der Waals surface area (Å²) in [5, 5.41) is 2.89. The van der Waals surface area contributed by atoms with Crippen LogP contribution in [0.2, 0.25) is 0 Å². The monoisotopic (exact) mass is 261 g/mol. The van der Waals surface area contributed by atoms with Crippen LogP contribution >= 0.6 is 12.2 Å². The molecule has 1 aromatic carbocycles. The van der Waals surface area contributed by atoms with Crippen molar-refractivity contribution in [1.82, 2.24) is 4.98 Å². The van der Waals surface area contributed by atoms with Crippen LogP contribution < -0.4 is 11.1 Å². The molecule has 1 heterocycles. The van der Waals surface area contributed by atoms with Crippen molar-refractivity contribution in [2.75, 3.05) is 5.32 Å². The summed E-state index contributed by atoms with van der Waals surface area (Å²) in [6, 6.07) is 10.1. The number of pyridine rings is 1. The largest absolute Gasteiger partial charge is 0.388 e. The van der Waals surface area contributed by atoms with Crippen LogP contribution in [0.4, 0.5) is 15.9 Å². The van der Waals surface area contributed by atoms with Crippen LogP contribution in [-0.2, 0) is 0 Å². The van der Waals surface area contributed by atoms with Gasteiger partial charge in [0.15, 0.2) is 0 Å². The van der Waals surface area contributed by atoms with Crippen LogP contribution in [0.1, 0.15) is 11.3 Å². The molecule has 0 radical (unpaired) electrons. The zero-order valence-corrected chi connectivity index (χ0v) is 10.6. The first kappa shape index (κ1) is 12.4. The maximum Gasteiger partial charge on any atom is 0.146 e. The predicted molar refractivity (Wildman–Crippen MR) is 74.5 cm³/mol. The SMILES string of the molecule is Cc1ccc(Nc2cccc(C(N)=S)n2)c(F)c1. The number of benzene rings is 1. The molecule has 0 bridgehead atoms. The molecule has 3 nitrogen and oxygen atoms in total. The van der Waals surface area contributed by atoms with Gasteiger partial charge in [0, 0.05) is 0 Å². The van der Waals surface area contributed by atoms with Crippen LogP contribution in [0.5, 0.6) is 0 Å². The first-order valence-electron chi connectivity index (χ1n) is 5.36. The van der Waals surface area contributed by atoms with Gasteiger partial charge in [0.05, 0.1) is 11.4 Å². The van der Waals surface area contributed by atoms with E-state index in [1.54, 1.807) is 24.3 Å². The molecule has 18 heavy (non-hydrogen) atoms. The van der Waals surface area contributed by atoms with E-state index in [2.05, 4.69) is 10.3 Å². The van der Waals surface area contributed by atoms with Gasteiger partial charge in [0.25, 0.3) is 0 Å². The standard InChI is InChI=1S/C13H12FN3S/c1-8-5-6-10(9(14)7-8)16-12-4-2-3-11(17-12)13(15)18/h2-7H,1H3,(H2,15,18)(H,16,17). The van der Waals surface area contributed by atoms with Gasteiger partial charge >= 0.3 is 0 Å². The summed E-state index contributed by atoms with van der Waals surface area (Å²) < 4.78 is 13.7. The molecule has 0 atom stereocenters. The van der Waals surface area contributed by atoms with Gasteiger partial charge in [0.1, 0.15) is 16.6 Å². The van der Waals surface area contributed by atoms with Crippen LogP contribution in [0.25, 0.3) is 0 Å². The normalized spacial score (nSPS) is 10.1. The number of nitrogens with zero attached hydrogens (tertiary/aromatic N) is 1. The molecule has 0 amide bonds. The summed E-state index contributed by atoms with van der Waals surface area (Å²) >= 11 is 4.84. The van der Waals surface area contributed by atoms with Crippen LogP contribution in [0.3, 0.4) is 0 Å². The number of nitrogens with two attached hydrogens (primary N) is 1. The molecule has 5 heteroatoms. The van der Waals surface area contributed by atoms with E-state index in [0.29, 0.717) is 17.2 Å². The van der Waals surface area contributed by atoms with Crippen LogP contribution in [0, 0.1) is 12.7 Å². The highest BCUT2D eigenvalue weighted by atomic mass is 32.1. The van der Waals surface area contributed by atoms with Crippen molar-refractivity contribution in [2.45, 2.75) is 6.92 Å². The van der Waals surface area contributed by atoms with E-state index in [9.17, 15) is 4.39 Å². The summed E-state index contributed by atoms with van der Waals surface area (Å²) in [6.07, 6.45) is 0. The summed E-state index contributed by atoms with van der Waals surface area (Å²) in [5.74, 6) is 0.181. The number of nitrogens with one attached hydrogen (secondary N) is 1. The molecule has 0 saturated heterocycles. The Bertz CT molecular complexity index is 599. The highest BCUT2D eigenvalue weighted by Crippen LogP contribution is 2.19. The maximum atomic E-state index is 13.7. The van der Waals surface area contributed by atoms with Gasteiger partial charge in [-0.15, -0.1) is 0 Å². The molecular formula is C13H12FN3S. The maximum absolute atomic E-state index is 13.7. The Hall–Kier alpha value is -2.01. The number of hydrogen-bond acceptors (Lipinski definition) is 3. The van der Waals surface area contributed by atoms with E-state index in [-0.39, 0.29) is 10.8 Å². The number of rotatable bonds is 3. The minimum Gasteiger partial charge on any atom is -0.388 e. The summed E-state index contributed by atoms with van der Waals surface area (Å²) in [7, 11) is 0. The number of aryl methyl sites for hydroxylation is 1. The third kappa shape index (κ3) is 2.81. The fraction of sp³-hybridized carbons (Fsp3) is 0.0769. The number of aromatic nitrogens is 1. The van der Waals surface area contributed by atoms with Crippen LogP contribution in [0.15, 0.2) is 36.4 Å². The van der Waals surface area contributed by atoms with Crippen LogP contribution in [-0.4, -0.2) is 9.97 Å². The topological polar surface area (TPSA) is 50.9 Å². The van der Waals surface area contributed by atoms with Crippen molar-refractivity contribution in [3.8, 4) is 0 Å². The Labute approximate surface area is 110 Å². The van der Waals surface area contributed by atoms with Gasteiger partial charge < -0.3 is 11.1 Å². The van der Waals surface area contributed by atoms with Gasteiger partial charge in [-0.25, -0.2) is 9.37 Å². The Morgan fingerprint density at radius 2 is 2.11 bits per heavy atom. The predicted octanol–water partition coefficient (Wildman–Crippen LogP) is 2.91. The number of thiocarbonyl (C=S) groups is 1. The van der Waals surface area contributed by atoms with Crippen molar-refractivity contribution in [3.63, 3.8) is 0 Å². The molecule has 0 aliphatic rings. The van der Waals surface area contributed by atoms with Gasteiger partial charge in [-0.3, -0.25) is 0 Å². The fourth-order valence-electron chi connectivity index (χ4n) is 1.50. The lowest BCUT2D eigenvalue weighted by molar-refractivity contribution is 0.630. The smallest absolute Gasteiger partial charge is 0.146 e. The second-order valence-electron chi connectivity index (χ2n) is 3.88. The van der Waals surface area contributed by atoms with E-state index in [1.165, 1.54) is 6.07 Å². The summed E-state index contributed by atoms with van der Waals surface area (Å²) in [4.78, 5) is 4.40. The Balaban J connectivity index is 2.28. The molecule has 0 aliphatic carbocycles. The molecule has 0 spiro atoms. The highest BCUT2D eigenvalue weighted by molar-refractivity contribution is 7.80. The summed E-state index contributed by atoms with van der Waals surface area (Å²) in [6.45, 7) is 1.83. The van der Waals surface area contributed by atoms with Gasteiger partial charge in [0.2, 0.25) is 0 Å². The van der Waals surface area contributed by atoms with E-state index in [1.807, 2.05) is 13.0 Å². The molecule has 92 valence electrons. The van der Waals surface area contributed by atoms with Crippen molar-refractivity contribution in [1.29, 1.82) is 0 Å². The number of hydrogen-bond donors (Lipinski definition) is 2. The Morgan fingerprint density at radius 3 is 2.78 bits per heavy atom. The van der Waals surface area contributed by atoms with E-state index >= 15 is 0 Å². The number of halogens is 1. The van der Waals surface area contributed by atoms with E-state index < -0.39 is 0 Å². The van der Waals surface area contributed by atoms with Crippen molar-refractivity contribution in [3.05, 3.63) is 53.5 Å². The molecule has 2 rings (SSSR count). The molecule has 2 aromatic rings. The molecule has 0 fully saturated rings. The fourth-order valence-corrected chi connectivity index (χ4v) is 1.61. The lowest BCUT2D eigenvalue weighted by atomic mass is 10.2. The average Bonchev–Trinajstić information content (AvgIpc) is 2.33. The quantitative estimate of drug-likeness (QED) is 0.834. The second kappa shape index (κ2) is 5.10.